The molecular weight excluding hydrogens is 709 g/mol. The van der Waals surface area contributed by atoms with Crippen molar-refractivity contribution in [1.82, 2.24) is 10.2 Å². The Morgan fingerprint density at radius 3 is 1.86 bits per heavy atom. The van der Waals surface area contributed by atoms with Crippen molar-refractivity contribution in [3.63, 3.8) is 0 Å². The van der Waals surface area contributed by atoms with Gasteiger partial charge in [-0.1, -0.05) is 71.9 Å². The van der Waals surface area contributed by atoms with Crippen LogP contribution in [0.3, 0.4) is 0 Å². The van der Waals surface area contributed by atoms with E-state index in [1.165, 1.54) is 33.2 Å². The second kappa shape index (κ2) is 15.4. The van der Waals surface area contributed by atoms with Crippen molar-refractivity contribution in [3.05, 3.63) is 95.4 Å². The van der Waals surface area contributed by atoms with E-state index < -0.39 is 0 Å². The molecule has 1 radical (unpaired) electrons. The molecule has 0 aliphatic heterocycles. The summed E-state index contributed by atoms with van der Waals surface area (Å²) in [5, 5.41) is 26.0. The molecule has 0 saturated carbocycles. The molecule has 43 heavy (non-hydrogen) atoms. The Kier molecular flexibility index (Phi) is 12.2. The van der Waals surface area contributed by atoms with Gasteiger partial charge < -0.3 is 5.11 Å². The van der Waals surface area contributed by atoms with Crippen LogP contribution in [0.15, 0.2) is 72.5 Å². The summed E-state index contributed by atoms with van der Waals surface area (Å²) >= 11 is 0. The molecule has 0 unspecified atom stereocenters. The molecule has 1 heterocycles. The standard InChI is InChI=1S/C25H19N2.C13H24O2.Ir/c1-15-8-16(2)10-22(9-15)25-24-14-21-12-19-7-5-4-6-18(19)11-20(21)13-23(24)17(3)26-27-25;1-5-10(6-2)12(14)9-13(15)11(7-3)8-4;/h4-9,11-14H,1-3H3;9-11,14H,5-8H2,1-4H3;/q-1;;/b;12-9-;. The maximum Gasteiger partial charge on any atom is 0.162 e. The third-order valence-corrected chi connectivity index (χ3v) is 8.27. The van der Waals surface area contributed by atoms with Gasteiger partial charge in [-0.15, -0.1) is 34.9 Å². The zero-order valence-electron chi connectivity index (χ0n) is 26.4. The minimum absolute atomic E-state index is 0. The number of hydrogen-bond donors (Lipinski definition) is 1. The Hall–Kier alpha value is -3.40. The Labute approximate surface area is 270 Å². The normalized spacial score (nSPS) is 11.6. The Bertz CT molecular complexity index is 1730. The topological polar surface area (TPSA) is 63.1 Å². The third-order valence-electron chi connectivity index (χ3n) is 8.27. The summed E-state index contributed by atoms with van der Waals surface area (Å²) in [4.78, 5) is 11.7. The summed E-state index contributed by atoms with van der Waals surface area (Å²) in [5.74, 6) is 0.547. The van der Waals surface area contributed by atoms with Crippen molar-refractivity contribution in [1.29, 1.82) is 0 Å². The fourth-order valence-corrected chi connectivity index (χ4v) is 5.72. The molecule has 0 aliphatic carbocycles. The van der Waals surface area contributed by atoms with Crippen LogP contribution in [0.25, 0.3) is 43.6 Å². The molecule has 0 spiro atoms. The van der Waals surface area contributed by atoms with Crippen molar-refractivity contribution in [3.8, 4) is 11.3 Å². The summed E-state index contributed by atoms with van der Waals surface area (Å²) in [5.41, 5.74) is 5.19. The van der Waals surface area contributed by atoms with E-state index in [4.69, 9.17) is 0 Å². The number of aliphatic hydroxyl groups excluding tert-OH is 1. The molecule has 1 aromatic heterocycles. The van der Waals surface area contributed by atoms with E-state index in [-0.39, 0.29) is 43.5 Å². The van der Waals surface area contributed by atoms with Gasteiger partial charge in [-0.3, -0.25) is 4.79 Å². The van der Waals surface area contributed by atoms with Crippen molar-refractivity contribution < 1.29 is 30.0 Å². The van der Waals surface area contributed by atoms with Gasteiger partial charge in [0.25, 0.3) is 0 Å². The van der Waals surface area contributed by atoms with E-state index in [9.17, 15) is 9.90 Å². The van der Waals surface area contributed by atoms with Crippen molar-refractivity contribution in [2.45, 2.75) is 74.1 Å². The average molecular weight is 752 g/mol. The van der Waals surface area contributed by atoms with Crippen LogP contribution in [-0.2, 0) is 24.9 Å². The Morgan fingerprint density at radius 1 is 0.767 bits per heavy atom. The van der Waals surface area contributed by atoms with Crippen LogP contribution in [0.4, 0.5) is 0 Å². The first kappa shape index (κ1) is 34.1. The van der Waals surface area contributed by atoms with E-state index in [2.05, 4.69) is 90.8 Å². The second-order valence-corrected chi connectivity index (χ2v) is 11.3. The third kappa shape index (κ3) is 7.96. The zero-order valence-corrected chi connectivity index (χ0v) is 28.8. The van der Waals surface area contributed by atoms with E-state index in [0.717, 1.165) is 59.0 Å². The summed E-state index contributed by atoms with van der Waals surface area (Å²) in [6, 6.07) is 25.2. The predicted octanol–water partition coefficient (Wildman–Crippen LogP) is 10.2. The number of hydrogen-bond acceptors (Lipinski definition) is 4. The number of nitrogens with zero attached hydrogens (tertiary/aromatic N) is 2. The predicted molar refractivity (Wildman–Crippen MR) is 177 cm³/mol. The van der Waals surface area contributed by atoms with Crippen LogP contribution in [0.5, 0.6) is 0 Å². The van der Waals surface area contributed by atoms with Gasteiger partial charge in [-0.05, 0) is 83.1 Å². The van der Waals surface area contributed by atoms with Crippen LogP contribution in [0.1, 0.15) is 70.2 Å². The number of aromatic nitrogens is 2. The number of carbonyl (C=O) groups excluding carboxylic acids is 1. The van der Waals surface area contributed by atoms with Crippen LogP contribution >= 0.6 is 0 Å². The molecular formula is C38H43IrN2O2-. The number of fused-ring (bicyclic) bond motifs is 3. The van der Waals surface area contributed by atoms with Gasteiger partial charge >= 0.3 is 0 Å². The second-order valence-electron chi connectivity index (χ2n) is 11.3. The number of ketones is 1. The van der Waals surface area contributed by atoms with Gasteiger partial charge in [-0.2, -0.15) is 5.10 Å². The summed E-state index contributed by atoms with van der Waals surface area (Å²) in [6.45, 7) is 14.3. The maximum absolute atomic E-state index is 11.7. The molecule has 4 nitrogen and oxygen atoms in total. The van der Waals surface area contributed by atoms with Crippen molar-refractivity contribution in [2.24, 2.45) is 11.8 Å². The van der Waals surface area contributed by atoms with Gasteiger partial charge in [0, 0.05) is 43.7 Å². The fourth-order valence-electron chi connectivity index (χ4n) is 5.72. The largest absolute Gasteiger partial charge is 0.512 e. The van der Waals surface area contributed by atoms with Crippen molar-refractivity contribution >= 4 is 38.1 Å². The van der Waals surface area contributed by atoms with E-state index >= 15 is 0 Å². The van der Waals surface area contributed by atoms with Crippen LogP contribution in [0.2, 0.25) is 0 Å². The molecule has 1 N–H and O–H groups in total. The first-order valence-corrected chi connectivity index (χ1v) is 15.2. The quantitative estimate of drug-likeness (QED) is 0.0742. The Morgan fingerprint density at radius 2 is 1.33 bits per heavy atom. The Balaban J connectivity index is 0.000000274. The number of allylic oxidation sites excluding steroid dienone is 2. The SMILES string of the molecule is CCC(CC)C(=O)/C=C(\O)C(CC)CC.Cc1[c-]c(-c2nnc(C)c3cc4cc5ccccc5cc4cc23)cc(C)c1.[Ir]. The molecule has 0 amide bonds. The summed E-state index contributed by atoms with van der Waals surface area (Å²) < 4.78 is 0. The van der Waals surface area contributed by atoms with Crippen LogP contribution in [-0.4, -0.2) is 21.1 Å². The van der Waals surface area contributed by atoms with E-state index in [1.807, 2.05) is 34.6 Å². The van der Waals surface area contributed by atoms with Gasteiger partial charge in [0.2, 0.25) is 0 Å². The number of benzene rings is 4. The van der Waals surface area contributed by atoms with E-state index in [1.54, 1.807) is 0 Å². The molecule has 0 bridgehead atoms. The summed E-state index contributed by atoms with van der Waals surface area (Å²) in [6.07, 6.45) is 4.91. The van der Waals surface area contributed by atoms with Gasteiger partial charge in [0.05, 0.1) is 11.5 Å². The molecule has 5 heteroatoms. The van der Waals surface area contributed by atoms with Gasteiger partial charge in [-0.25, -0.2) is 5.10 Å². The molecule has 0 aliphatic rings. The number of rotatable bonds is 8. The monoisotopic (exact) mass is 752 g/mol. The zero-order chi connectivity index (χ0) is 30.4. The smallest absolute Gasteiger partial charge is 0.162 e. The minimum Gasteiger partial charge on any atom is -0.512 e. The molecule has 0 fully saturated rings. The first-order valence-electron chi connectivity index (χ1n) is 15.2. The maximum atomic E-state index is 11.7. The first-order chi connectivity index (χ1) is 20.2. The van der Waals surface area contributed by atoms with Crippen LogP contribution in [0, 0.1) is 38.7 Å². The number of aryl methyl sites for hydroxylation is 3. The molecule has 5 rings (SSSR count). The molecule has 0 saturated heterocycles. The molecule has 227 valence electrons. The number of aliphatic hydroxyl groups is 1. The molecule has 5 aromatic rings. The molecule has 4 aromatic carbocycles. The molecule has 0 atom stereocenters. The van der Waals surface area contributed by atoms with Crippen molar-refractivity contribution in [2.75, 3.05) is 0 Å². The summed E-state index contributed by atoms with van der Waals surface area (Å²) in [7, 11) is 0. The van der Waals surface area contributed by atoms with Gasteiger partial charge in [0.15, 0.2) is 5.78 Å². The van der Waals surface area contributed by atoms with E-state index in [0.29, 0.717) is 0 Å². The number of carbonyl (C=O) groups is 1. The fraction of sp³-hybridized carbons (Fsp3) is 0.342. The van der Waals surface area contributed by atoms with Gasteiger partial charge in [0.1, 0.15) is 0 Å². The average Bonchev–Trinajstić information content (AvgIpc) is 2.96. The minimum atomic E-state index is 0. The van der Waals surface area contributed by atoms with Crippen LogP contribution < -0.4 is 0 Å².